The minimum atomic E-state index is -0.487. The number of rotatable bonds is 4. The number of halogens is 2. The first-order valence-electron chi connectivity index (χ1n) is 5.35. The zero-order valence-electron chi connectivity index (χ0n) is 9.64. The van der Waals surface area contributed by atoms with E-state index in [0.29, 0.717) is 16.6 Å². The van der Waals surface area contributed by atoms with E-state index in [1.807, 2.05) is 0 Å². The summed E-state index contributed by atoms with van der Waals surface area (Å²) in [7, 11) is 0. The molecule has 2 rings (SSSR count). The van der Waals surface area contributed by atoms with Crippen molar-refractivity contribution < 1.29 is 4.92 Å². The molecule has 0 unspecified atom stereocenters. The highest BCUT2D eigenvalue weighted by Gasteiger charge is 2.13. The Morgan fingerprint density at radius 2 is 2.11 bits per heavy atom. The van der Waals surface area contributed by atoms with Crippen LogP contribution in [0.1, 0.15) is 5.56 Å². The highest BCUT2D eigenvalue weighted by molar-refractivity contribution is 6.35. The van der Waals surface area contributed by atoms with E-state index in [1.165, 1.54) is 18.3 Å². The van der Waals surface area contributed by atoms with Crippen LogP contribution in [0.4, 0.5) is 11.5 Å². The Morgan fingerprint density at radius 3 is 2.79 bits per heavy atom. The summed E-state index contributed by atoms with van der Waals surface area (Å²) in [6.45, 7) is 0.327. The number of nitrogens with one attached hydrogen (secondary N) is 1. The standard InChI is InChI=1S/C12H9Cl2N3O2/c13-9-4-3-8(10(14)6-9)7-16-12-11(17(18)19)2-1-5-15-12/h1-6H,7H2,(H,15,16). The Hall–Kier alpha value is -1.85. The summed E-state index contributed by atoms with van der Waals surface area (Å²) in [5.74, 6) is 0.207. The number of pyridine rings is 1. The Balaban J connectivity index is 2.17. The third-order valence-corrected chi connectivity index (χ3v) is 3.03. The average molecular weight is 298 g/mol. The summed E-state index contributed by atoms with van der Waals surface area (Å²) in [5, 5.41) is 14.8. The van der Waals surface area contributed by atoms with Crippen molar-refractivity contribution in [2.45, 2.75) is 6.54 Å². The molecular weight excluding hydrogens is 289 g/mol. The lowest BCUT2D eigenvalue weighted by atomic mass is 10.2. The van der Waals surface area contributed by atoms with Gasteiger partial charge in [0.1, 0.15) is 0 Å². The van der Waals surface area contributed by atoms with Crippen LogP contribution in [0.3, 0.4) is 0 Å². The number of hydrogen-bond acceptors (Lipinski definition) is 4. The van der Waals surface area contributed by atoms with Crippen LogP contribution in [0.15, 0.2) is 36.5 Å². The molecule has 0 radical (unpaired) electrons. The van der Waals surface area contributed by atoms with Crippen LogP contribution in [0, 0.1) is 10.1 Å². The maximum atomic E-state index is 10.8. The highest BCUT2D eigenvalue weighted by atomic mass is 35.5. The Kier molecular flexibility index (Phi) is 4.19. The van der Waals surface area contributed by atoms with Crippen molar-refractivity contribution in [2.24, 2.45) is 0 Å². The fourth-order valence-corrected chi connectivity index (χ4v) is 2.00. The van der Waals surface area contributed by atoms with Crippen LogP contribution in [0.25, 0.3) is 0 Å². The van der Waals surface area contributed by atoms with Crippen molar-refractivity contribution >= 4 is 34.7 Å². The molecule has 0 atom stereocenters. The van der Waals surface area contributed by atoms with E-state index in [-0.39, 0.29) is 11.5 Å². The minimum Gasteiger partial charge on any atom is -0.360 e. The lowest BCUT2D eigenvalue weighted by Crippen LogP contribution is -2.04. The number of hydrogen-bond donors (Lipinski definition) is 1. The van der Waals surface area contributed by atoms with Crippen molar-refractivity contribution in [2.75, 3.05) is 5.32 Å². The molecule has 19 heavy (non-hydrogen) atoms. The predicted molar refractivity (Wildman–Crippen MR) is 74.7 cm³/mol. The monoisotopic (exact) mass is 297 g/mol. The maximum Gasteiger partial charge on any atom is 0.311 e. The molecule has 0 amide bonds. The zero-order valence-corrected chi connectivity index (χ0v) is 11.1. The van der Waals surface area contributed by atoms with Crippen LogP contribution in [-0.2, 0) is 6.54 Å². The molecule has 1 aromatic carbocycles. The second-order valence-corrected chi connectivity index (χ2v) is 4.56. The van der Waals surface area contributed by atoms with Crippen LogP contribution < -0.4 is 5.32 Å². The Bertz CT molecular complexity index is 620. The molecular formula is C12H9Cl2N3O2. The third kappa shape index (κ3) is 3.33. The van der Waals surface area contributed by atoms with Crippen molar-refractivity contribution in [3.63, 3.8) is 0 Å². The molecule has 0 spiro atoms. The first-order valence-corrected chi connectivity index (χ1v) is 6.10. The molecule has 5 nitrogen and oxygen atoms in total. The normalized spacial score (nSPS) is 10.2. The molecule has 0 saturated carbocycles. The maximum absolute atomic E-state index is 10.8. The van der Waals surface area contributed by atoms with E-state index in [0.717, 1.165) is 5.56 Å². The summed E-state index contributed by atoms with van der Waals surface area (Å²) in [4.78, 5) is 14.3. The Labute approximate surface area is 119 Å². The predicted octanol–water partition coefficient (Wildman–Crippen LogP) is 3.91. The van der Waals surface area contributed by atoms with Gasteiger partial charge in [0.15, 0.2) is 0 Å². The Morgan fingerprint density at radius 1 is 1.32 bits per heavy atom. The topological polar surface area (TPSA) is 68.1 Å². The van der Waals surface area contributed by atoms with Crippen molar-refractivity contribution in [1.29, 1.82) is 0 Å². The molecule has 1 heterocycles. The van der Waals surface area contributed by atoms with E-state index in [1.54, 1.807) is 18.2 Å². The molecule has 0 bridgehead atoms. The minimum absolute atomic E-state index is 0.0763. The number of anilines is 1. The molecule has 0 aliphatic rings. The van der Waals surface area contributed by atoms with Gasteiger partial charge in [0, 0.05) is 28.9 Å². The van der Waals surface area contributed by atoms with E-state index in [4.69, 9.17) is 23.2 Å². The van der Waals surface area contributed by atoms with Crippen molar-refractivity contribution in [3.05, 3.63) is 62.3 Å². The summed E-state index contributed by atoms with van der Waals surface area (Å²) >= 11 is 11.8. The smallest absolute Gasteiger partial charge is 0.311 e. The molecule has 2 aromatic rings. The van der Waals surface area contributed by atoms with Gasteiger partial charge in [-0.25, -0.2) is 4.98 Å². The SMILES string of the molecule is O=[N+]([O-])c1cccnc1NCc1ccc(Cl)cc1Cl. The van der Waals surface area contributed by atoms with E-state index in [2.05, 4.69) is 10.3 Å². The zero-order chi connectivity index (χ0) is 13.8. The molecule has 0 fully saturated rings. The first kappa shape index (κ1) is 13.6. The second kappa shape index (κ2) is 5.86. The number of aromatic nitrogens is 1. The molecule has 7 heteroatoms. The van der Waals surface area contributed by atoms with Crippen LogP contribution in [0.5, 0.6) is 0 Å². The van der Waals surface area contributed by atoms with Gasteiger partial charge >= 0.3 is 5.69 Å². The largest absolute Gasteiger partial charge is 0.360 e. The summed E-state index contributed by atoms with van der Waals surface area (Å²) < 4.78 is 0. The number of benzene rings is 1. The summed E-state index contributed by atoms with van der Waals surface area (Å²) in [5.41, 5.74) is 0.707. The van der Waals surface area contributed by atoms with Crippen LogP contribution in [0.2, 0.25) is 10.0 Å². The number of nitro groups is 1. The van der Waals surface area contributed by atoms with Gasteiger partial charge in [-0.1, -0.05) is 29.3 Å². The fourth-order valence-electron chi connectivity index (χ4n) is 1.52. The van der Waals surface area contributed by atoms with E-state index in [9.17, 15) is 10.1 Å². The van der Waals surface area contributed by atoms with Gasteiger partial charge in [-0.3, -0.25) is 10.1 Å². The van der Waals surface area contributed by atoms with Crippen molar-refractivity contribution in [1.82, 2.24) is 4.98 Å². The van der Waals surface area contributed by atoms with Gasteiger partial charge in [0.2, 0.25) is 5.82 Å². The average Bonchev–Trinajstić information content (AvgIpc) is 2.38. The van der Waals surface area contributed by atoms with Gasteiger partial charge in [-0.2, -0.15) is 0 Å². The van der Waals surface area contributed by atoms with Gasteiger partial charge in [0.05, 0.1) is 4.92 Å². The first-order chi connectivity index (χ1) is 9.08. The molecule has 0 aliphatic heterocycles. The summed E-state index contributed by atoms with van der Waals surface area (Å²) in [6, 6.07) is 7.98. The second-order valence-electron chi connectivity index (χ2n) is 3.72. The van der Waals surface area contributed by atoms with Crippen LogP contribution >= 0.6 is 23.2 Å². The molecule has 0 saturated heterocycles. The fraction of sp³-hybridized carbons (Fsp3) is 0.0833. The van der Waals surface area contributed by atoms with Gasteiger partial charge in [-0.15, -0.1) is 0 Å². The molecule has 98 valence electrons. The molecule has 0 aliphatic carbocycles. The third-order valence-electron chi connectivity index (χ3n) is 2.44. The lowest BCUT2D eigenvalue weighted by Gasteiger charge is -2.07. The van der Waals surface area contributed by atoms with E-state index >= 15 is 0 Å². The van der Waals surface area contributed by atoms with Gasteiger partial charge in [0.25, 0.3) is 0 Å². The quantitative estimate of drug-likeness (QED) is 0.686. The molecule has 1 N–H and O–H groups in total. The summed E-state index contributed by atoms with van der Waals surface area (Å²) in [6.07, 6.45) is 1.48. The van der Waals surface area contributed by atoms with Crippen molar-refractivity contribution in [3.8, 4) is 0 Å². The lowest BCUT2D eigenvalue weighted by molar-refractivity contribution is -0.384. The molecule has 1 aromatic heterocycles. The van der Waals surface area contributed by atoms with Crippen LogP contribution in [-0.4, -0.2) is 9.91 Å². The van der Waals surface area contributed by atoms with E-state index < -0.39 is 4.92 Å². The number of nitrogens with zero attached hydrogens (tertiary/aromatic N) is 2. The van der Waals surface area contributed by atoms with Gasteiger partial charge in [-0.05, 0) is 23.8 Å². The van der Waals surface area contributed by atoms with Gasteiger partial charge < -0.3 is 5.32 Å². The highest BCUT2D eigenvalue weighted by Crippen LogP contribution is 2.24.